The van der Waals surface area contributed by atoms with Crippen molar-refractivity contribution in [2.24, 2.45) is 7.05 Å². The van der Waals surface area contributed by atoms with E-state index in [-0.39, 0.29) is 23.1 Å². The summed E-state index contributed by atoms with van der Waals surface area (Å²) in [5.74, 6) is -0.979. The van der Waals surface area contributed by atoms with Crippen LogP contribution in [-0.2, 0) is 13.2 Å². The minimum absolute atomic E-state index is 0.0350. The van der Waals surface area contributed by atoms with Gasteiger partial charge in [0.15, 0.2) is 0 Å². The summed E-state index contributed by atoms with van der Waals surface area (Å²) in [5.41, 5.74) is 8.10. The number of fused-ring (bicyclic) bond motifs is 1. The zero-order valence-electron chi connectivity index (χ0n) is 20.1. The van der Waals surface area contributed by atoms with E-state index in [0.717, 1.165) is 23.9 Å². The van der Waals surface area contributed by atoms with E-state index in [0.29, 0.717) is 33.2 Å². The Bertz CT molecular complexity index is 1710. The molecule has 0 saturated heterocycles. The van der Waals surface area contributed by atoms with Crippen LogP contribution < -0.4 is 11.1 Å². The SMILES string of the molecule is Cc1ccc(C(=O)Nc2cc(C(F)(F)F)ccn2)cc1-c1cc2cnc(N)nc2c(-c2cnn(C)c2)c1O. The molecule has 0 bridgehead atoms. The lowest BCUT2D eigenvalue weighted by atomic mass is 9.92. The Morgan fingerprint density at radius 3 is 2.58 bits per heavy atom. The second-order valence-corrected chi connectivity index (χ2v) is 8.63. The number of nitrogens with zero attached hydrogens (tertiary/aromatic N) is 5. The van der Waals surface area contributed by atoms with Crippen molar-refractivity contribution < 1.29 is 23.1 Å². The van der Waals surface area contributed by atoms with Crippen molar-refractivity contribution in [3.8, 4) is 28.0 Å². The summed E-state index contributed by atoms with van der Waals surface area (Å²) in [6, 6.07) is 8.02. The molecule has 2 aromatic carbocycles. The number of carbonyl (C=O) groups is 1. The van der Waals surface area contributed by atoms with E-state index < -0.39 is 17.6 Å². The van der Waals surface area contributed by atoms with Crippen LogP contribution in [0.1, 0.15) is 21.5 Å². The predicted octanol–water partition coefficient (Wildman–Crippen LogP) is 4.96. The number of anilines is 2. The first-order valence-corrected chi connectivity index (χ1v) is 11.2. The van der Waals surface area contributed by atoms with Gasteiger partial charge in [-0.15, -0.1) is 0 Å². The Labute approximate surface area is 213 Å². The summed E-state index contributed by atoms with van der Waals surface area (Å²) >= 11 is 0. The van der Waals surface area contributed by atoms with Crippen LogP contribution in [0.5, 0.6) is 5.75 Å². The first-order valence-electron chi connectivity index (χ1n) is 11.2. The summed E-state index contributed by atoms with van der Waals surface area (Å²) in [6.45, 7) is 1.80. The number of aromatic nitrogens is 5. The Morgan fingerprint density at radius 2 is 1.87 bits per heavy atom. The highest BCUT2D eigenvalue weighted by Crippen LogP contribution is 2.44. The van der Waals surface area contributed by atoms with E-state index in [9.17, 15) is 23.1 Å². The van der Waals surface area contributed by atoms with Crippen molar-refractivity contribution in [2.45, 2.75) is 13.1 Å². The molecule has 3 heterocycles. The molecule has 3 aromatic heterocycles. The number of aromatic hydroxyl groups is 1. The number of alkyl halides is 3. The smallest absolute Gasteiger partial charge is 0.416 e. The Hall–Kier alpha value is -5.00. The van der Waals surface area contributed by atoms with Crippen molar-refractivity contribution in [1.29, 1.82) is 0 Å². The maximum Gasteiger partial charge on any atom is 0.416 e. The summed E-state index contributed by atoms with van der Waals surface area (Å²) in [4.78, 5) is 25.2. The molecule has 0 saturated carbocycles. The zero-order chi connectivity index (χ0) is 27.2. The monoisotopic (exact) mass is 519 g/mol. The van der Waals surface area contributed by atoms with Crippen LogP contribution in [0.25, 0.3) is 33.2 Å². The van der Waals surface area contributed by atoms with Crippen LogP contribution in [0.3, 0.4) is 0 Å². The topological polar surface area (TPSA) is 132 Å². The number of pyridine rings is 1. The normalized spacial score (nSPS) is 11.6. The van der Waals surface area contributed by atoms with Gasteiger partial charge in [0, 0.05) is 47.7 Å². The number of hydrogen-bond donors (Lipinski definition) is 3. The third-order valence-electron chi connectivity index (χ3n) is 5.98. The standard InChI is InChI=1S/C26H20F3N7O2/c1-13-3-4-14(24(38)34-20-9-17(5-6-31-20)26(27,28)29)7-18(13)19-8-15-10-32-25(30)35-22(15)21(23(19)37)16-11-33-36(2)12-16/h3-12,37H,1-2H3,(H2,30,32,35)(H,31,34,38). The number of carbonyl (C=O) groups excluding carboxylic acids is 1. The molecule has 0 aliphatic rings. The third-order valence-corrected chi connectivity index (χ3v) is 5.98. The van der Waals surface area contributed by atoms with Crippen molar-refractivity contribution in [3.63, 3.8) is 0 Å². The summed E-state index contributed by atoms with van der Waals surface area (Å²) in [5, 5.41) is 18.6. The highest BCUT2D eigenvalue weighted by atomic mass is 19.4. The van der Waals surface area contributed by atoms with E-state index >= 15 is 0 Å². The lowest BCUT2D eigenvalue weighted by Gasteiger charge is -2.15. The number of phenolic OH excluding ortho intramolecular Hbond substituents is 1. The molecule has 0 radical (unpaired) electrons. The van der Waals surface area contributed by atoms with Crippen molar-refractivity contribution in [1.82, 2.24) is 24.7 Å². The molecule has 1 amide bonds. The van der Waals surface area contributed by atoms with Crippen LogP contribution in [0, 0.1) is 6.92 Å². The van der Waals surface area contributed by atoms with E-state index in [1.807, 2.05) is 0 Å². The van der Waals surface area contributed by atoms with Gasteiger partial charge in [-0.05, 0) is 48.4 Å². The molecule has 192 valence electrons. The summed E-state index contributed by atoms with van der Waals surface area (Å²) < 4.78 is 40.7. The minimum atomic E-state index is -4.58. The van der Waals surface area contributed by atoms with E-state index in [2.05, 4.69) is 25.4 Å². The van der Waals surface area contributed by atoms with Crippen LogP contribution in [0.15, 0.2) is 61.2 Å². The van der Waals surface area contributed by atoms with Crippen molar-refractivity contribution in [3.05, 3.63) is 77.9 Å². The quantitative estimate of drug-likeness (QED) is 0.306. The molecule has 0 aliphatic heterocycles. The number of hydrogen-bond acceptors (Lipinski definition) is 7. The van der Waals surface area contributed by atoms with Gasteiger partial charge in [0.25, 0.3) is 5.91 Å². The number of aryl methyl sites for hydroxylation is 2. The van der Waals surface area contributed by atoms with Gasteiger partial charge in [-0.3, -0.25) is 9.48 Å². The molecule has 0 spiro atoms. The molecule has 5 rings (SSSR count). The van der Waals surface area contributed by atoms with Gasteiger partial charge < -0.3 is 16.2 Å². The number of rotatable bonds is 4. The number of phenols is 1. The fourth-order valence-corrected chi connectivity index (χ4v) is 4.13. The molecule has 9 nitrogen and oxygen atoms in total. The van der Waals surface area contributed by atoms with E-state index in [1.165, 1.54) is 12.3 Å². The fraction of sp³-hybridized carbons (Fsp3) is 0.115. The maximum atomic E-state index is 13.1. The molecule has 0 unspecified atom stereocenters. The lowest BCUT2D eigenvalue weighted by Crippen LogP contribution is -2.14. The third kappa shape index (κ3) is 4.59. The molecular formula is C26H20F3N7O2. The Kier molecular flexibility index (Phi) is 5.94. The van der Waals surface area contributed by atoms with Crippen molar-refractivity contribution >= 4 is 28.6 Å². The number of benzene rings is 2. The van der Waals surface area contributed by atoms with Gasteiger partial charge >= 0.3 is 6.18 Å². The second kappa shape index (κ2) is 9.14. The summed E-state index contributed by atoms with van der Waals surface area (Å²) in [7, 11) is 1.74. The predicted molar refractivity (Wildman–Crippen MR) is 135 cm³/mol. The first kappa shape index (κ1) is 24.7. The molecular weight excluding hydrogens is 499 g/mol. The molecule has 12 heteroatoms. The fourth-order valence-electron chi connectivity index (χ4n) is 4.13. The Morgan fingerprint density at radius 1 is 1.08 bits per heavy atom. The zero-order valence-corrected chi connectivity index (χ0v) is 20.1. The number of nitrogen functional groups attached to an aromatic ring is 1. The minimum Gasteiger partial charge on any atom is -0.507 e. The molecule has 4 N–H and O–H groups in total. The highest BCUT2D eigenvalue weighted by molar-refractivity contribution is 6.06. The summed E-state index contributed by atoms with van der Waals surface area (Å²) in [6.07, 6.45) is 1.23. The molecule has 0 fully saturated rings. The van der Waals surface area contributed by atoms with Gasteiger partial charge in [-0.1, -0.05) is 6.07 Å². The van der Waals surface area contributed by atoms with Crippen LogP contribution in [0.4, 0.5) is 24.9 Å². The second-order valence-electron chi connectivity index (χ2n) is 8.63. The number of nitrogens with two attached hydrogens (primary N) is 1. The number of amides is 1. The average molecular weight is 519 g/mol. The van der Waals surface area contributed by atoms with Gasteiger partial charge in [0.2, 0.25) is 5.95 Å². The lowest BCUT2D eigenvalue weighted by molar-refractivity contribution is -0.137. The van der Waals surface area contributed by atoms with Crippen molar-refractivity contribution in [2.75, 3.05) is 11.1 Å². The van der Waals surface area contributed by atoms with Crippen LogP contribution in [-0.4, -0.2) is 35.7 Å². The van der Waals surface area contributed by atoms with Gasteiger partial charge in [0.1, 0.15) is 11.6 Å². The van der Waals surface area contributed by atoms with E-state index in [1.54, 1.807) is 49.2 Å². The Balaban J connectivity index is 1.60. The van der Waals surface area contributed by atoms with Crippen LogP contribution in [0.2, 0.25) is 0 Å². The first-order chi connectivity index (χ1) is 18.0. The van der Waals surface area contributed by atoms with E-state index in [4.69, 9.17) is 5.73 Å². The molecule has 0 atom stereocenters. The maximum absolute atomic E-state index is 13.1. The number of nitrogens with one attached hydrogen (secondary N) is 1. The highest BCUT2D eigenvalue weighted by Gasteiger charge is 2.31. The largest absolute Gasteiger partial charge is 0.507 e. The van der Waals surface area contributed by atoms with Gasteiger partial charge in [0.05, 0.1) is 22.8 Å². The average Bonchev–Trinajstić information content (AvgIpc) is 3.29. The van der Waals surface area contributed by atoms with Gasteiger partial charge in [-0.2, -0.15) is 18.3 Å². The van der Waals surface area contributed by atoms with Crippen LogP contribution >= 0.6 is 0 Å². The molecule has 5 aromatic rings. The molecule has 0 aliphatic carbocycles. The number of halogens is 3. The van der Waals surface area contributed by atoms with Gasteiger partial charge in [-0.25, -0.2) is 15.0 Å². The molecule has 38 heavy (non-hydrogen) atoms.